The van der Waals surface area contributed by atoms with Crippen LogP contribution in [0.2, 0.25) is 0 Å². The zero-order valence-electron chi connectivity index (χ0n) is 12.4. The SMILES string of the molecule is O=C(O)C[C@H](NC(=O)c1ccc(-c2ccc(F)cc2)cc1)C(=O)O. The number of carbonyl (C=O) groups is 3. The number of carboxylic acids is 2. The maximum atomic E-state index is 12.9. The molecule has 24 heavy (non-hydrogen) atoms. The average molecular weight is 331 g/mol. The molecule has 0 saturated carbocycles. The first-order valence-corrected chi connectivity index (χ1v) is 6.98. The van der Waals surface area contributed by atoms with Crippen molar-refractivity contribution in [2.75, 3.05) is 0 Å². The quantitative estimate of drug-likeness (QED) is 0.752. The van der Waals surface area contributed by atoms with Gasteiger partial charge < -0.3 is 15.5 Å². The highest BCUT2D eigenvalue weighted by Gasteiger charge is 2.23. The minimum absolute atomic E-state index is 0.192. The normalized spacial score (nSPS) is 11.5. The fraction of sp³-hybridized carbons (Fsp3) is 0.118. The Balaban J connectivity index is 2.11. The third-order valence-corrected chi connectivity index (χ3v) is 3.31. The molecule has 124 valence electrons. The molecule has 0 saturated heterocycles. The van der Waals surface area contributed by atoms with Crippen LogP contribution in [-0.4, -0.2) is 34.1 Å². The van der Waals surface area contributed by atoms with Crippen molar-refractivity contribution in [3.63, 3.8) is 0 Å². The topological polar surface area (TPSA) is 104 Å². The molecule has 2 aromatic carbocycles. The summed E-state index contributed by atoms with van der Waals surface area (Å²) in [7, 11) is 0. The van der Waals surface area contributed by atoms with Gasteiger partial charge in [0.05, 0.1) is 6.42 Å². The van der Waals surface area contributed by atoms with E-state index in [0.717, 1.165) is 11.1 Å². The Bertz CT molecular complexity index is 756. The monoisotopic (exact) mass is 331 g/mol. The number of amides is 1. The minimum atomic E-state index is -1.51. The molecule has 0 radical (unpaired) electrons. The predicted molar refractivity (Wildman–Crippen MR) is 83.0 cm³/mol. The number of aliphatic carboxylic acids is 2. The van der Waals surface area contributed by atoms with E-state index in [-0.39, 0.29) is 11.4 Å². The van der Waals surface area contributed by atoms with Gasteiger partial charge in [-0.3, -0.25) is 9.59 Å². The molecule has 0 aliphatic carbocycles. The summed E-state index contributed by atoms with van der Waals surface area (Å²) in [5.74, 6) is -3.79. The van der Waals surface area contributed by atoms with Crippen molar-refractivity contribution in [3.8, 4) is 11.1 Å². The maximum absolute atomic E-state index is 12.9. The second-order valence-corrected chi connectivity index (χ2v) is 5.05. The third kappa shape index (κ3) is 4.39. The van der Waals surface area contributed by atoms with Crippen molar-refractivity contribution < 1.29 is 29.0 Å². The van der Waals surface area contributed by atoms with Gasteiger partial charge in [0.25, 0.3) is 5.91 Å². The molecular formula is C17H14FNO5. The van der Waals surface area contributed by atoms with E-state index in [2.05, 4.69) is 5.32 Å². The molecule has 0 heterocycles. The van der Waals surface area contributed by atoms with Gasteiger partial charge >= 0.3 is 11.9 Å². The van der Waals surface area contributed by atoms with Gasteiger partial charge in [0, 0.05) is 5.56 Å². The van der Waals surface area contributed by atoms with Crippen molar-refractivity contribution >= 4 is 17.8 Å². The molecular weight excluding hydrogens is 317 g/mol. The van der Waals surface area contributed by atoms with E-state index in [4.69, 9.17) is 10.2 Å². The van der Waals surface area contributed by atoms with E-state index < -0.39 is 30.3 Å². The lowest BCUT2D eigenvalue weighted by Crippen LogP contribution is -2.42. The fourth-order valence-corrected chi connectivity index (χ4v) is 2.07. The number of hydrogen-bond acceptors (Lipinski definition) is 3. The minimum Gasteiger partial charge on any atom is -0.481 e. The molecule has 0 aliphatic rings. The highest BCUT2D eigenvalue weighted by atomic mass is 19.1. The molecule has 0 bridgehead atoms. The highest BCUT2D eigenvalue weighted by Crippen LogP contribution is 2.20. The van der Waals surface area contributed by atoms with E-state index in [1.54, 1.807) is 24.3 Å². The Kier molecular flexibility index (Phi) is 5.26. The van der Waals surface area contributed by atoms with Crippen LogP contribution in [0.25, 0.3) is 11.1 Å². The molecule has 0 aromatic heterocycles. The molecule has 7 heteroatoms. The summed E-state index contributed by atoms with van der Waals surface area (Å²) in [6, 6.07) is 10.5. The Morgan fingerprint density at radius 1 is 0.917 bits per heavy atom. The Hall–Kier alpha value is -3.22. The number of benzene rings is 2. The molecule has 6 nitrogen and oxygen atoms in total. The second kappa shape index (κ2) is 7.36. The second-order valence-electron chi connectivity index (χ2n) is 5.05. The first-order chi connectivity index (χ1) is 11.4. The molecule has 0 aliphatic heterocycles. The largest absolute Gasteiger partial charge is 0.481 e. The molecule has 0 fully saturated rings. The van der Waals surface area contributed by atoms with Gasteiger partial charge in [-0.1, -0.05) is 24.3 Å². The van der Waals surface area contributed by atoms with E-state index >= 15 is 0 Å². The van der Waals surface area contributed by atoms with Gasteiger partial charge in [-0.25, -0.2) is 9.18 Å². The third-order valence-electron chi connectivity index (χ3n) is 3.31. The summed E-state index contributed by atoms with van der Waals surface area (Å²) in [5, 5.41) is 19.7. The van der Waals surface area contributed by atoms with E-state index in [1.165, 1.54) is 24.3 Å². The summed E-state index contributed by atoms with van der Waals surface area (Å²) in [5.41, 5.74) is 1.71. The van der Waals surface area contributed by atoms with Gasteiger partial charge in [-0.05, 0) is 35.4 Å². The number of halogens is 1. The van der Waals surface area contributed by atoms with Crippen LogP contribution in [0.3, 0.4) is 0 Å². The number of hydrogen-bond donors (Lipinski definition) is 3. The smallest absolute Gasteiger partial charge is 0.326 e. The van der Waals surface area contributed by atoms with Gasteiger partial charge in [-0.2, -0.15) is 0 Å². The summed E-state index contributed by atoms with van der Waals surface area (Å²) in [4.78, 5) is 33.6. The summed E-state index contributed by atoms with van der Waals surface area (Å²) >= 11 is 0. The fourth-order valence-electron chi connectivity index (χ4n) is 2.07. The van der Waals surface area contributed by atoms with Crippen molar-refractivity contribution in [2.24, 2.45) is 0 Å². The lowest BCUT2D eigenvalue weighted by Gasteiger charge is -2.12. The average Bonchev–Trinajstić information content (AvgIpc) is 2.54. The van der Waals surface area contributed by atoms with Crippen LogP contribution in [0.5, 0.6) is 0 Å². The summed E-state index contributed by atoms with van der Waals surface area (Å²) in [6.07, 6.45) is -0.714. The maximum Gasteiger partial charge on any atom is 0.326 e. The molecule has 1 amide bonds. The van der Waals surface area contributed by atoms with Gasteiger partial charge in [0.2, 0.25) is 0 Å². The first-order valence-electron chi connectivity index (χ1n) is 6.98. The zero-order chi connectivity index (χ0) is 17.7. The van der Waals surface area contributed by atoms with Crippen LogP contribution >= 0.6 is 0 Å². The number of rotatable bonds is 6. The first kappa shape index (κ1) is 17.1. The van der Waals surface area contributed by atoms with Crippen molar-refractivity contribution in [1.29, 1.82) is 0 Å². The lowest BCUT2D eigenvalue weighted by molar-refractivity contribution is -0.145. The van der Waals surface area contributed by atoms with Crippen LogP contribution in [0.15, 0.2) is 48.5 Å². The van der Waals surface area contributed by atoms with Gasteiger partial charge in [0.1, 0.15) is 11.9 Å². The van der Waals surface area contributed by atoms with E-state index in [9.17, 15) is 18.8 Å². The van der Waals surface area contributed by atoms with Crippen LogP contribution < -0.4 is 5.32 Å². The van der Waals surface area contributed by atoms with E-state index in [1.807, 2.05) is 0 Å². The van der Waals surface area contributed by atoms with Crippen LogP contribution in [0.1, 0.15) is 16.8 Å². The molecule has 1 atom stereocenters. The van der Waals surface area contributed by atoms with Crippen molar-refractivity contribution in [2.45, 2.75) is 12.5 Å². The van der Waals surface area contributed by atoms with Gasteiger partial charge in [0.15, 0.2) is 0 Å². The zero-order valence-corrected chi connectivity index (χ0v) is 12.4. The highest BCUT2D eigenvalue weighted by molar-refractivity contribution is 5.97. The Morgan fingerprint density at radius 3 is 1.88 bits per heavy atom. The summed E-state index contributed by atoms with van der Waals surface area (Å²) < 4.78 is 12.9. The van der Waals surface area contributed by atoms with Crippen LogP contribution in [0, 0.1) is 5.82 Å². The molecule has 2 rings (SSSR count). The molecule has 0 unspecified atom stereocenters. The molecule has 0 spiro atoms. The van der Waals surface area contributed by atoms with Gasteiger partial charge in [-0.15, -0.1) is 0 Å². The lowest BCUT2D eigenvalue weighted by atomic mass is 10.0. The number of carbonyl (C=O) groups excluding carboxylic acids is 1. The standard InChI is InChI=1S/C17H14FNO5/c18-13-7-5-11(6-8-13)10-1-3-12(4-2-10)16(22)19-14(17(23)24)9-15(20)21/h1-8,14H,9H2,(H,19,22)(H,20,21)(H,23,24)/t14-/m0/s1. The van der Waals surface area contributed by atoms with Crippen molar-refractivity contribution in [3.05, 3.63) is 59.9 Å². The van der Waals surface area contributed by atoms with Crippen LogP contribution in [0.4, 0.5) is 4.39 Å². The van der Waals surface area contributed by atoms with E-state index in [0.29, 0.717) is 0 Å². The summed E-state index contributed by atoms with van der Waals surface area (Å²) in [6.45, 7) is 0. The predicted octanol–water partition coefficient (Wildman–Crippen LogP) is 2.15. The van der Waals surface area contributed by atoms with Crippen molar-refractivity contribution in [1.82, 2.24) is 5.32 Å². The number of carboxylic acid groups (broad SMARTS) is 2. The number of nitrogens with one attached hydrogen (secondary N) is 1. The Labute approximate surface area is 136 Å². The Morgan fingerprint density at radius 2 is 1.42 bits per heavy atom. The molecule has 3 N–H and O–H groups in total. The van der Waals surface area contributed by atoms with Crippen LogP contribution in [-0.2, 0) is 9.59 Å². The molecule has 2 aromatic rings.